The molecule has 1 aromatic rings. The Labute approximate surface area is 431 Å². The minimum absolute atomic E-state index is 0.0524. The molecule has 1 fully saturated rings. The molecule has 1 heterocycles. The number of amides is 5. The van der Waals surface area contributed by atoms with Gasteiger partial charge in [-0.05, 0) is 56.3 Å². The van der Waals surface area contributed by atoms with E-state index >= 15 is 0 Å². The lowest BCUT2D eigenvalue weighted by molar-refractivity contribution is -0.271. The van der Waals surface area contributed by atoms with Gasteiger partial charge in [-0.1, -0.05) is 19.9 Å². The minimum atomic E-state index is -2.00. The van der Waals surface area contributed by atoms with Crippen molar-refractivity contribution in [1.82, 2.24) is 21.3 Å². The molecular formula is C47H80N6O21. The second-order valence-corrected chi connectivity index (χ2v) is 16.9. The summed E-state index contributed by atoms with van der Waals surface area (Å²) in [5.41, 5.74) is 5.90. The van der Waals surface area contributed by atoms with E-state index in [0.29, 0.717) is 104 Å². The van der Waals surface area contributed by atoms with Crippen LogP contribution in [-0.4, -0.2) is 225 Å². The van der Waals surface area contributed by atoms with Crippen LogP contribution in [0.25, 0.3) is 0 Å². The van der Waals surface area contributed by atoms with Crippen molar-refractivity contribution < 1.29 is 101 Å². The molecule has 11 N–H and O–H groups in total. The van der Waals surface area contributed by atoms with Gasteiger partial charge in [0.05, 0.1) is 105 Å². The number of hydrogen-bond donors (Lipinski definition) is 10. The number of carboxylic acid groups (broad SMARTS) is 1. The van der Waals surface area contributed by atoms with Crippen molar-refractivity contribution in [3.05, 3.63) is 23.8 Å². The number of rotatable bonds is 41. The number of aliphatic hydroxyl groups excluding tert-OH is 3. The summed E-state index contributed by atoms with van der Waals surface area (Å²) in [6, 6.07) is 0.623. The lowest BCUT2D eigenvalue weighted by atomic mass is 9.99. The third kappa shape index (κ3) is 26.6. The molecule has 0 aliphatic carbocycles. The molecule has 5 amide bonds. The Morgan fingerprint density at radius 1 is 0.676 bits per heavy atom. The van der Waals surface area contributed by atoms with Crippen molar-refractivity contribution in [3.8, 4) is 5.75 Å². The molecule has 1 aliphatic rings. The highest BCUT2D eigenvalue weighted by Gasteiger charge is 2.48. The number of aliphatic hydroxyl groups is 3. The number of benzene rings is 1. The first kappa shape index (κ1) is 65.2. The zero-order chi connectivity index (χ0) is 54.7. The van der Waals surface area contributed by atoms with E-state index in [1.807, 2.05) is 0 Å². The van der Waals surface area contributed by atoms with Gasteiger partial charge < -0.3 is 105 Å². The fourth-order valence-electron chi connectivity index (χ4n) is 6.51. The van der Waals surface area contributed by atoms with Gasteiger partial charge in [0.2, 0.25) is 29.9 Å². The molecule has 8 atom stereocenters. The van der Waals surface area contributed by atoms with E-state index < -0.39 is 90.4 Å². The Morgan fingerprint density at radius 3 is 1.72 bits per heavy atom. The summed E-state index contributed by atoms with van der Waals surface area (Å²) in [6.45, 7) is 10.7. The first-order chi connectivity index (χ1) is 35.5. The van der Waals surface area contributed by atoms with E-state index in [2.05, 4.69) is 26.6 Å². The molecule has 74 heavy (non-hydrogen) atoms. The molecule has 424 valence electrons. The third-order valence-corrected chi connectivity index (χ3v) is 10.7. The average Bonchev–Trinajstić information content (AvgIpc) is 3.37. The summed E-state index contributed by atoms with van der Waals surface area (Å²) in [7, 11) is 2.96. The standard InChI is InChI=1S/C47H80N6O21/c1-30(2)37(44(60)50-31(3)42(58)52-33-10-9-32(29-72-47(63)49-4)28-35(33)73-46-40(57)38(55)39(56)41(74-46)45(61)62)53-43(59)34(8-6-7-12-48)51-36(54)11-13-65-16-17-67-20-21-69-24-25-71-27-26-70-23-22-68-19-18-66-15-14-64-5/h9-10,28,30-31,34,37-41,46,55-57H,6-8,11-27,29,48H2,1-5H3,(H,49,63)(H,50,60)(H,51,54)(H,52,58)(H,53,59)(H,61,62)/t31-,34-,37-,38-,39-,40+,41-,46+/m0/s1. The number of nitrogens with one attached hydrogen (secondary N) is 5. The second-order valence-electron chi connectivity index (χ2n) is 16.9. The van der Waals surface area contributed by atoms with Crippen LogP contribution in [0.4, 0.5) is 10.5 Å². The van der Waals surface area contributed by atoms with Crippen molar-refractivity contribution in [1.29, 1.82) is 0 Å². The van der Waals surface area contributed by atoms with Crippen LogP contribution in [0.15, 0.2) is 18.2 Å². The van der Waals surface area contributed by atoms with Gasteiger partial charge in [0, 0.05) is 20.6 Å². The number of carboxylic acids is 1. The molecule has 1 aromatic carbocycles. The van der Waals surface area contributed by atoms with Crippen LogP contribution in [0.1, 0.15) is 52.0 Å². The van der Waals surface area contributed by atoms with Crippen LogP contribution < -0.4 is 37.1 Å². The van der Waals surface area contributed by atoms with Gasteiger partial charge >= 0.3 is 12.1 Å². The third-order valence-electron chi connectivity index (χ3n) is 10.7. The van der Waals surface area contributed by atoms with Gasteiger partial charge in [-0.15, -0.1) is 0 Å². The number of carbonyl (C=O) groups is 6. The average molecular weight is 1070 g/mol. The first-order valence-electron chi connectivity index (χ1n) is 24.5. The summed E-state index contributed by atoms with van der Waals surface area (Å²) < 4.78 is 59.1. The van der Waals surface area contributed by atoms with Crippen LogP contribution in [0, 0.1) is 5.92 Å². The number of alkyl carbamates (subject to hydrolysis) is 1. The smallest absolute Gasteiger partial charge is 0.407 e. The first-order valence-corrected chi connectivity index (χ1v) is 24.5. The number of unbranched alkanes of at least 4 members (excludes halogenated alkanes) is 1. The van der Waals surface area contributed by atoms with Crippen LogP contribution in [0.2, 0.25) is 0 Å². The number of ether oxygens (including phenoxy) is 11. The summed E-state index contributed by atoms with van der Waals surface area (Å²) in [5.74, 6) is -5.01. The molecule has 0 bridgehead atoms. The van der Waals surface area contributed by atoms with Gasteiger partial charge in [0.15, 0.2) is 6.10 Å². The number of hydrogen-bond acceptors (Lipinski definition) is 21. The van der Waals surface area contributed by atoms with Gasteiger partial charge in [-0.3, -0.25) is 19.2 Å². The highest BCUT2D eigenvalue weighted by molar-refractivity contribution is 5.99. The van der Waals surface area contributed by atoms with Crippen LogP contribution >= 0.6 is 0 Å². The molecule has 0 aromatic heterocycles. The molecular weight excluding hydrogens is 985 g/mol. The largest absolute Gasteiger partial charge is 0.479 e. The van der Waals surface area contributed by atoms with Gasteiger partial charge in [-0.2, -0.15) is 0 Å². The predicted octanol–water partition coefficient (Wildman–Crippen LogP) is -1.84. The number of anilines is 1. The zero-order valence-corrected chi connectivity index (χ0v) is 43.1. The predicted molar refractivity (Wildman–Crippen MR) is 261 cm³/mol. The van der Waals surface area contributed by atoms with E-state index in [9.17, 15) is 49.2 Å². The number of aliphatic carboxylic acids is 1. The SMILES string of the molecule is CNC(=O)OCc1ccc(NC(=O)[C@H](C)NC(=O)[C@@H](NC(=O)[C@H](CCCCN)NC(=O)CCOCCOCCOCCOCCOCCOCCOCCOC)C(C)C)c(O[C@@H]2O[C@H](C(=O)O)[C@@H](O)[C@H](O)[C@H]2O)c1. The van der Waals surface area contributed by atoms with Crippen molar-refractivity contribution in [2.45, 2.75) is 102 Å². The van der Waals surface area contributed by atoms with Crippen LogP contribution in [0.5, 0.6) is 5.75 Å². The summed E-state index contributed by atoms with van der Waals surface area (Å²) in [6.07, 6.45) is -9.36. The molecule has 1 aliphatic heterocycles. The topological polar surface area (TPSA) is 371 Å². The van der Waals surface area contributed by atoms with E-state index in [1.54, 1.807) is 21.0 Å². The highest BCUT2D eigenvalue weighted by Crippen LogP contribution is 2.31. The second kappa shape index (κ2) is 38.6. The molecule has 2 rings (SSSR count). The number of methoxy groups -OCH3 is 1. The molecule has 0 spiro atoms. The van der Waals surface area contributed by atoms with Crippen molar-refractivity contribution in [3.63, 3.8) is 0 Å². The normalized spacial score (nSPS) is 18.7. The quantitative estimate of drug-likeness (QED) is 0.0322. The van der Waals surface area contributed by atoms with Crippen LogP contribution in [0.3, 0.4) is 0 Å². The molecule has 0 saturated carbocycles. The summed E-state index contributed by atoms with van der Waals surface area (Å²) in [5, 5.41) is 53.4. The maximum absolute atomic E-state index is 13.7. The Kier molecular flexibility index (Phi) is 34.1. The number of carbonyl (C=O) groups excluding carboxylic acids is 5. The Morgan fingerprint density at radius 2 is 1.22 bits per heavy atom. The van der Waals surface area contributed by atoms with Crippen molar-refractivity contribution in [2.75, 3.05) is 125 Å². The fraction of sp³-hybridized carbons (Fsp3) is 0.745. The van der Waals surface area contributed by atoms with Crippen LogP contribution in [-0.2, 0) is 77.9 Å². The van der Waals surface area contributed by atoms with Gasteiger partial charge in [0.25, 0.3) is 0 Å². The number of nitrogens with two attached hydrogens (primary N) is 1. The van der Waals surface area contributed by atoms with Crippen molar-refractivity contribution in [2.24, 2.45) is 11.7 Å². The van der Waals surface area contributed by atoms with Crippen molar-refractivity contribution >= 4 is 41.4 Å². The highest BCUT2D eigenvalue weighted by atomic mass is 16.7. The minimum Gasteiger partial charge on any atom is -0.479 e. The van der Waals surface area contributed by atoms with E-state index in [-0.39, 0.29) is 50.7 Å². The zero-order valence-electron chi connectivity index (χ0n) is 43.1. The molecule has 1 saturated heterocycles. The fourth-order valence-corrected chi connectivity index (χ4v) is 6.51. The summed E-state index contributed by atoms with van der Waals surface area (Å²) in [4.78, 5) is 77.2. The Bertz CT molecular complexity index is 1780. The molecule has 0 unspecified atom stereocenters. The molecule has 27 heteroatoms. The van der Waals surface area contributed by atoms with Gasteiger partial charge in [0.1, 0.15) is 48.8 Å². The van der Waals surface area contributed by atoms with Gasteiger partial charge in [-0.25, -0.2) is 9.59 Å². The Hall–Kier alpha value is -4.88. The molecule has 27 nitrogen and oxygen atoms in total. The van der Waals surface area contributed by atoms with E-state index in [0.717, 1.165) is 0 Å². The molecule has 0 radical (unpaired) electrons. The van der Waals surface area contributed by atoms with E-state index in [1.165, 1.54) is 32.2 Å². The van der Waals surface area contributed by atoms with E-state index in [4.69, 9.17) is 57.8 Å². The maximum atomic E-state index is 13.7. The lowest BCUT2D eigenvalue weighted by Crippen LogP contribution is -2.61. The lowest BCUT2D eigenvalue weighted by Gasteiger charge is -2.38. The maximum Gasteiger partial charge on any atom is 0.407 e. The Balaban J connectivity index is 1.83. The monoisotopic (exact) mass is 1060 g/mol. The summed E-state index contributed by atoms with van der Waals surface area (Å²) >= 11 is 0.